The number of nitrogens with zero attached hydrogens (tertiary/aromatic N) is 6. The Morgan fingerprint density at radius 3 is 2.56 bits per heavy atom. The van der Waals surface area contributed by atoms with Crippen LogP contribution in [0, 0.1) is 0 Å². The summed E-state index contributed by atoms with van der Waals surface area (Å²) in [7, 11) is 0. The zero-order valence-electron chi connectivity index (χ0n) is 24.8. The number of rotatable bonds is 5. The molecule has 0 aromatic carbocycles. The number of hydrogen-bond acceptors (Lipinski definition) is 10. The van der Waals surface area contributed by atoms with E-state index in [4.69, 9.17) is 18.9 Å². The summed E-state index contributed by atoms with van der Waals surface area (Å²) in [5, 5.41) is 3.47. The molecule has 1 saturated carbocycles. The average Bonchev–Trinajstić information content (AvgIpc) is 3.19. The third kappa shape index (κ3) is 5.17. The number of fused-ring (bicyclic) bond motifs is 2. The molecule has 1 aliphatic carbocycles. The van der Waals surface area contributed by atoms with E-state index in [9.17, 15) is 4.79 Å². The fourth-order valence-corrected chi connectivity index (χ4v) is 7.09. The van der Waals surface area contributed by atoms with Gasteiger partial charge in [-0.1, -0.05) is 0 Å². The fraction of sp³-hybridized carbons (Fsp3) is 0.793. The van der Waals surface area contributed by atoms with Crippen LogP contribution < -0.4 is 5.32 Å². The second-order valence-corrected chi connectivity index (χ2v) is 13.8. The van der Waals surface area contributed by atoms with Crippen molar-refractivity contribution in [2.24, 2.45) is 0 Å². The number of nitrogens with one attached hydrogen (secondary N) is 1. The monoisotopic (exact) mass is 569 g/mol. The second-order valence-electron chi connectivity index (χ2n) is 13.8. The predicted octanol–water partition coefficient (Wildman–Crippen LogP) is 3.68. The van der Waals surface area contributed by atoms with Crippen LogP contribution in [-0.2, 0) is 18.9 Å². The van der Waals surface area contributed by atoms with Crippen molar-refractivity contribution in [3.05, 3.63) is 12.7 Å². The molecule has 5 aliphatic rings. The first-order valence-corrected chi connectivity index (χ1v) is 15.2. The molecule has 0 radical (unpaired) electrons. The normalized spacial score (nSPS) is 31.2. The van der Waals surface area contributed by atoms with E-state index in [0.29, 0.717) is 19.1 Å². The smallest absolute Gasteiger partial charge is 0.410 e. The molecule has 6 heterocycles. The van der Waals surface area contributed by atoms with Crippen LogP contribution in [0.5, 0.6) is 0 Å². The summed E-state index contributed by atoms with van der Waals surface area (Å²) < 4.78 is 27.3. The summed E-state index contributed by atoms with van der Waals surface area (Å²) in [5.41, 5.74) is 1.05. The molecule has 12 heteroatoms. The van der Waals surface area contributed by atoms with Gasteiger partial charge in [-0.05, 0) is 79.7 Å². The van der Waals surface area contributed by atoms with Gasteiger partial charge in [-0.3, -0.25) is 9.47 Å². The summed E-state index contributed by atoms with van der Waals surface area (Å²) in [6, 6.07) is 0.464. The standard InChI is InChI=1S/C29H43N7O5/c1-27(2,3)41-26(37)34-13-10-29(11-14-34)9-6-12-35(29)15-19-21-22(40-28(4,5)39-21)25(38-19)36-17-32-20-23(33-18-7-8-18)30-16-31-24(20)36/h16-19,21-22,25H,6-15H2,1-5H3,(H,30,31,33)/t19-,21-,22-,25-/m1/s1. The van der Waals surface area contributed by atoms with Crippen molar-refractivity contribution >= 4 is 23.1 Å². The summed E-state index contributed by atoms with van der Waals surface area (Å²) in [5.74, 6) is 0.0594. The van der Waals surface area contributed by atoms with Crippen LogP contribution in [0.2, 0.25) is 0 Å². The molecule has 1 amide bonds. The van der Waals surface area contributed by atoms with Crippen LogP contribution >= 0.6 is 0 Å². The van der Waals surface area contributed by atoms with Crippen molar-refractivity contribution in [2.75, 3.05) is 31.5 Å². The summed E-state index contributed by atoms with van der Waals surface area (Å²) >= 11 is 0. The minimum Gasteiger partial charge on any atom is -0.444 e. The number of anilines is 1. The minimum absolute atomic E-state index is 0.0583. The highest BCUT2D eigenvalue weighted by atomic mass is 16.8. The number of hydrogen-bond donors (Lipinski definition) is 1. The van der Waals surface area contributed by atoms with Gasteiger partial charge < -0.3 is 29.2 Å². The van der Waals surface area contributed by atoms with Gasteiger partial charge in [0.2, 0.25) is 0 Å². The van der Waals surface area contributed by atoms with Crippen LogP contribution in [0.4, 0.5) is 10.6 Å². The van der Waals surface area contributed by atoms with E-state index in [0.717, 1.165) is 68.6 Å². The molecular formula is C29H43N7O5. The largest absolute Gasteiger partial charge is 0.444 e. The number of amides is 1. The van der Waals surface area contributed by atoms with Gasteiger partial charge in [0.25, 0.3) is 0 Å². The molecule has 4 aliphatic heterocycles. The number of carbonyl (C=O) groups is 1. The van der Waals surface area contributed by atoms with Gasteiger partial charge in [0, 0.05) is 31.2 Å². The molecule has 12 nitrogen and oxygen atoms in total. The van der Waals surface area contributed by atoms with Crippen molar-refractivity contribution < 1.29 is 23.7 Å². The van der Waals surface area contributed by atoms with Gasteiger partial charge in [0.1, 0.15) is 30.2 Å². The SMILES string of the molecule is CC(C)(C)OC(=O)N1CCC2(CCCN2C[C@H]2O[C@@H](n3cnc4c(NC5CC5)ncnc43)[C@@H]3OC(C)(C)O[C@@H]32)CC1. The molecule has 1 N–H and O–H groups in total. The molecule has 224 valence electrons. The van der Waals surface area contributed by atoms with E-state index in [2.05, 4.69) is 25.2 Å². The van der Waals surface area contributed by atoms with Crippen molar-refractivity contribution in [1.29, 1.82) is 0 Å². The molecular weight excluding hydrogens is 526 g/mol. The van der Waals surface area contributed by atoms with Crippen LogP contribution in [0.25, 0.3) is 11.2 Å². The van der Waals surface area contributed by atoms with Gasteiger partial charge in [-0.25, -0.2) is 19.7 Å². The summed E-state index contributed by atoms with van der Waals surface area (Å²) in [4.78, 5) is 30.9. The van der Waals surface area contributed by atoms with E-state index in [1.165, 1.54) is 0 Å². The van der Waals surface area contributed by atoms with E-state index >= 15 is 0 Å². The second kappa shape index (κ2) is 9.75. The van der Waals surface area contributed by atoms with Crippen molar-refractivity contribution in [2.45, 2.75) is 121 Å². The molecule has 1 spiro atoms. The quantitative estimate of drug-likeness (QED) is 0.572. The molecule has 5 fully saturated rings. The van der Waals surface area contributed by atoms with Crippen molar-refractivity contribution in [3.63, 3.8) is 0 Å². The number of likely N-dealkylation sites (tertiary alicyclic amines) is 2. The Morgan fingerprint density at radius 2 is 1.83 bits per heavy atom. The Morgan fingerprint density at radius 1 is 1.07 bits per heavy atom. The zero-order chi connectivity index (χ0) is 28.6. The molecule has 2 aromatic rings. The lowest BCUT2D eigenvalue weighted by atomic mass is 9.84. The average molecular weight is 570 g/mol. The lowest BCUT2D eigenvalue weighted by Gasteiger charge is -2.46. The Balaban J connectivity index is 1.09. The number of ether oxygens (including phenoxy) is 4. The fourth-order valence-electron chi connectivity index (χ4n) is 7.09. The Labute approximate surface area is 241 Å². The maximum atomic E-state index is 12.7. The Kier molecular flexibility index (Phi) is 6.49. The highest BCUT2D eigenvalue weighted by molar-refractivity contribution is 5.83. The van der Waals surface area contributed by atoms with Gasteiger partial charge in [-0.2, -0.15) is 0 Å². The molecule has 0 bridgehead atoms. The van der Waals surface area contributed by atoms with Gasteiger partial charge in [0.15, 0.2) is 29.0 Å². The maximum absolute atomic E-state index is 12.7. The zero-order valence-corrected chi connectivity index (χ0v) is 24.8. The van der Waals surface area contributed by atoms with Crippen molar-refractivity contribution in [1.82, 2.24) is 29.3 Å². The predicted molar refractivity (Wildman–Crippen MR) is 150 cm³/mol. The summed E-state index contributed by atoms with van der Waals surface area (Å²) in [6.07, 6.45) is 8.52. The van der Waals surface area contributed by atoms with Gasteiger partial charge >= 0.3 is 6.09 Å². The lowest BCUT2D eigenvalue weighted by Crippen LogP contribution is -2.56. The molecule has 7 rings (SSSR count). The molecule has 4 atom stereocenters. The third-order valence-corrected chi connectivity index (χ3v) is 9.16. The number of carbonyl (C=O) groups excluding carboxylic acids is 1. The van der Waals surface area contributed by atoms with Gasteiger partial charge in [-0.15, -0.1) is 0 Å². The number of aromatic nitrogens is 4. The minimum atomic E-state index is -0.707. The molecule has 2 aromatic heterocycles. The summed E-state index contributed by atoms with van der Waals surface area (Å²) in [6.45, 7) is 12.8. The first-order chi connectivity index (χ1) is 19.5. The van der Waals surface area contributed by atoms with E-state index < -0.39 is 17.6 Å². The van der Waals surface area contributed by atoms with Crippen molar-refractivity contribution in [3.8, 4) is 0 Å². The van der Waals surface area contributed by atoms with Gasteiger partial charge in [0.05, 0.1) is 6.33 Å². The first-order valence-electron chi connectivity index (χ1n) is 15.2. The maximum Gasteiger partial charge on any atom is 0.410 e. The van der Waals surface area contributed by atoms with Crippen LogP contribution in [0.15, 0.2) is 12.7 Å². The topological polar surface area (TPSA) is 116 Å². The van der Waals surface area contributed by atoms with Crippen LogP contribution in [-0.4, -0.2) is 103 Å². The Hall–Kier alpha value is -2.54. The lowest BCUT2D eigenvalue weighted by molar-refractivity contribution is -0.199. The number of imidazole rings is 1. The van der Waals surface area contributed by atoms with E-state index in [-0.39, 0.29) is 29.9 Å². The Bertz CT molecular complexity index is 1300. The number of piperidine rings is 1. The molecule has 41 heavy (non-hydrogen) atoms. The first kappa shape index (κ1) is 27.3. The van der Waals surface area contributed by atoms with Crippen LogP contribution in [0.1, 0.15) is 79.4 Å². The molecule has 4 saturated heterocycles. The third-order valence-electron chi connectivity index (χ3n) is 9.16. The molecule has 0 unspecified atom stereocenters. The van der Waals surface area contributed by atoms with E-state index in [1.54, 1.807) is 12.7 Å². The highest BCUT2D eigenvalue weighted by Gasteiger charge is 2.57. The highest BCUT2D eigenvalue weighted by Crippen LogP contribution is 2.46. The van der Waals surface area contributed by atoms with Crippen LogP contribution in [0.3, 0.4) is 0 Å². The van der Waals surface area contributed by atoms with E-state index in [1.807, 2.05) is 44.1 Å².